The highest BCUT2D eigenvalue weighted by atomic mass is 19.4. The smallest absolute Gasteiger partial charge is 0.166 e. The van der Waals surface area contributed by atoms with Crippen LogP contribution in [-0.2, 0) is 6.18 Å². The summed E-state index contributed by atoms with van der Waals surface area (Å²) in [4.78, 5) is 10.2. The first-order chi connectivity index (χ1) is 5.00. The fourth-order valence-electron chi connectivity index (χ4n) is 0.549. The molecule has 0 aliphatic carbocycles. The molecule has 1 heterocycles. The third-order valence-corrected chi connectivity index (χ3v) is 1.06. The first-order valence-corrected chi connectivity index (χ1v) is 2.68. The molecule has 0 aliphatic rings. The lowest BCUT2D eigenvalue weighted by Gasteiger charge is -2.01. The first kappa shape index (κ1) is 7.77. The third kappa shape index (κ3) is 1.79. The van der Waals surface area contributed by atoms with Crippen LogP contribution in [0.15, 0.2) is 18.5 Å². The highest BCUT2D eigenvalue weighted by Gasteiger charge is 2.31. The van der Waals surface area contributed by atoms with Gasteiger partial charge in [-0.25, -0.2) is 0 Å². The van der Waals surface area contributed by atoms with E-state index >= 15 is 0 Å². The number of nitrogens with one attached hydrogen (secondary N) is 1. The van der Waals surface area contributed by atoms with Crippen molar-refractivity contribution in [2.45, 2.75) is 6.18 Å². The van der Waals surface area contributed by atoms with E-state index in [4.69, 9.17) is 0 Å². The summed E-state index contributed by atoms with van der Waals surface area (Å²) in [5, 5.41) is 1.85. The Morgan fingerprint density at radius 3 is 2.45 bits per heavy atom. The van der Waals surface area contributed by atoms with Gasteiger partial charge in [0.2, 0.25) is 0 Å². The summed E-state index contributed by atoms with van der Waals surface area (Å²) >= 11 is 0. The second-order valence-corrected chi connectivity index (χ2v) is 1.87. The molecule has 0 aliphatic heterocycles. The Balaban J connectivity index is 3.09. The first-order valence-electron chi connectivity index (χ1n) is 2.68. The lowest BCUT2D eigenvalue weighted by atomic mass is 10.3. The molecular formula is C5H4F3N2O+. The van der Waals surface area contributed by atoms with Crippen LogP contribution < -0.4 is 4.54 Å². The van der Waals surface area contributed by atoms with Crippen LogP contribution in [0.25, 0.3) is 0 Å². The van der Waals surface area contributed by atoms with E-state index in [9.17, 15) is 18.1 Å². The van der Waals surface area contributed by atoms with Gasteiger partial charge in [-0.3, -0.25) is 0 Å². The van der Waals surface area contributed by atoms with Crippen molar-refractivity contribution in [3.63, 3.8) is 0 Å². The maximum atomic E-state index is 11.8. The van der Waals surface area contributed by atoms with Gasteiger partial charge in [0.25, 0.3) is 6.20 Å². The molecule has 3 nitrogen and oxygen atoms in total. The minimum atomic E-state index is -4.40. The van der Waals surface area contributed by atoms with Crippen molar-refractivity contribution >= 4 is 0 Å². The highest BCUT2D eigenvalue weighted by molar-refractivity contribution is 5.07. The monoisotopic (exact) mass is 165 g/mol. The van der Waals surface area contributed by atoms with E-state index in [1.54, 1.807) is 0 Å². The van der Waals surface area contributed by atoms with E-state index in [1.807, 2.05) is 5.10 Å². The third-order valence-electron chi connectivity index (χ3n) is 1.06. The number of aromatic nitrogens is 2. The van der Waals surface area contributed by atoms with Crippen molar-refractivity contribution in [1.29, 1.82) is 0 Å². The van der Waals surface area contributed by atoms with Gasteiger partial charge in [0, 0.05) is 6.07 Å². The van der Waals surface area contributed by atoms with Crippen molar-refractivity contribution in [2.24, 2.45) is 0 Å². The molecule has 0 saturated carbocycles. The minimum absolute atomic E-state index is 0.176. The van der Waals surface area contributed by atoms with Crippen LogP contribution in [0, 0.1) is 4.91 Å². The molecule has 0 amide bonds. The van der Waals surface area contributed by atoms with E-state index in [0.29, 0.717) is 12.3 Å². The van der Waals surface area contributed by atoms with Gasteiger partial charge in [-0.2, -0.15) is 13.2 Å². The molecule has 60 valence electrons. The Kier molecular flexibility index (Phi) is 1.67. The molecule has 6 heteroatoms. The molecule has 0 unspecified atom stereocenters. The molecule has 0 spiro atoms. The molecule has 1 aromatic heterocycles. The van der Waals surface area contributed by atoms with Crippen LogP contribution in [0.3, 0.4) is 0 Å². The molecule has 0 aromatic carbocycles. The largest absolute Gasteiger partial charge is 0.418 e. The average molecular weight is 165 g/mol. The molecule has 1 N–H and O–H groups in total. The number of rotatable bonds is 0. The average Bonchev–Trinajstić information content (AvgIpc) is 1.86. The summed E-state index contributed by atoms with van der Waals surface area (Å²) in [6.07, 6.45) is -3.04. The predicted octanol–water partition coefficient (Wildman–Crippen LogP) is 0.948. The molecule has 1 rings (SSSR count). The van der Waals surface area contributed by atoms with Gasteiger partial charge >= 0.3 is 6.18 Å². The molecule has 0 fully saturated rings. The van der Waals surface area contributed by atoms with Gasteiger partial charge < -0.3 is 0 Å². The number of aromatic amines is 1. The van der Waals surface area contributed by atoms with Crippen LogP contribution in [0.5, 0.6) is 0 Å². The Morgan fingerprint density at radius 1 is 1.45 bits per heavy atom. The standard InChI is InChI=1S/C5H4F3N2O/c6-5(7,8)4-1-2-10(11)9-3-4/h1-3H,(H,9,11)/q+1. The Bertz CT molecular complexity index is 283. The normalized spacial score (nSPS) is 11.5. The fourth-order valence-corrected chi connectivity index (χ4v) is 0.549. The van der Waals surface area contributed by atoms with Crippen LogP contribution in [-0.4, -0.2) is 5.10 Å². The lowest BCUT2D eigenvalue weighted by molar-refractivity contribution is -0.564. The van der Waals surface area contributed by atoms with Crippen molar-refractivity contribution < 1.29 is 17.7 Å². The molecule has 0 saturated heterocycles. The maximum absolute atomic E-state index is 11.8. The number of H-pyrrole nitrogens is 1. The minimum Gasteiger partial charge on any atom is -0.166 e. The fraction of sp³-hybridized carbons (Fsp3) is 0.200. The number of nitrogens with zero attached hydrogens (tertiary/aromatic N) is 1. The number of hydrogen-bond donors (Lipinski definition) is 1. The van der Waals surface area contributed by atoms with Gasteiger partial charge in [-0.15, -0.1) is 5.10 Å². The van der Waals surface area contributed by atoms with E-state index in [0.717, 1.165) is 6.20 Å². The summed E-state index contributed by atoms with van der Waals surface area (Å²) in [5.74, 6) is 0. The Hall–Kier alpha value is -1.33. The quantitative estimate of drug-likeness (QED) is 0.571. The van der Waals surface area contributed by atoms with E-state index in [-0.39, 0.29) is 4.54 Å². The number of hydrogen-bond acceptors (Lipinski definition) is 1. The second-order valence-electron chi connectivity index (χ2n) is 1.87. The number of halogens is 3. The summed E-state index contributed by atoms with van der Waals surface area (Å²) < 4.78 is 35.5. The zero-order chi connectivity index (χ0) is 8.48. The van der Waals surface area contributed by atoms with E-state index in [1.165, 1.54) is 0 Å². The maximum Gasteiger partial charge on any atom is 0.418 e. The molecule has 0 atom stereocenters. The summed E-state index contributed by atoms with van der Waals surface area (Å²) in [6, 6.07) is 0.698. The summed E-state index contributed by atoms with van der Waals surface area (Å²) in [7, 11) is 0. The highest BCUT2D eigenvalue weighted by Crippen LogP contribution is 2.27. The summed E-state index contributed by atoms with van der Waals surface area (Å²) in [6.45, 7) is 0. The van der Waals surface area contributed by atoms with Crippen molar-refractivity contribution in [2.75, 3.05) is 0 Å². The number of alkyl halides is 3. The summed E-state index contributed by atoms with van der Waals surface area (Å²) in [5.41, 5.74) is -0.871. The lowest BCUT2D eigenvalue weighted by Crippen LogP contribution is -2.19. The van der Waals surface area contributed by atoms with Crippen molar-refractivity contribution in [3.8, 4) is 0 Å². The molecule has 1 aromatic rings. The van der Waals surface area contributed by atoms with Gasteiger partial charge in [0.05, 0.1) is 16.7 Å². The van der Waals surface area contributed by atoms with Gasteiger partial charge in [0.15, 0.2) is 4.54 Å². The zero-order valence-corrected chi connectivity index (χ0v) is 5.22. The van der Waals surface area contributed by atoms with Gasteiger partial charge in [-0.1, -0.05) is 0 Å². The van der Waals surface area contributed by atoms with E-state index < -0.39 is 11.7 Å². The predicted molar refractivity (Wildman–Crippen MR) is 29.2 cm³/mol. The SMILES string of the molecule is O=[n+]1ccc(C(F)(F)F)c[nH]1. The Morgan fingerprint density at radius 2 is 2.09 bits per heavy atom. The van der Waals surface area contributed by atoms with Crippen LogP contribution in [0.1, 0.15) is 5.56 Å². The topological polar surface area (TPSA) is 38.8 Å². The Labute approximate surface area is 59.1 Å². The molecule has 11 heavy (non-hydrogen) atoms. The van der Waals surface area contributed by atoms with Crippen LogP contribution >= 0.6 is 0 Å². The molecule has 0 radical (unpaired) electrons. The second kappa shape index (κ2) is 2.37. The van der Waals surface area contributed by atoms with Crippen molar-refractivity contribution in [3.05, 3.63) is 28.9 Å². The zero-order valence-electron chi connectivity index (χ0n) is 5.22. The van der Waals surface area contributed by atoms with Crippen molar-refractivity contribution in [1.82, 2.24) is 5.10 Å². The van der Waals surface area contributed by atoms with Gasteiger partial charge in [0.1, 0.15) is 0 Å². The van der Waals surface area contributed by atoms with Crippen LogP contribution in [0.4, 0.5) is 13.2 Å². The molecular weight excluding hydrogens is 161 g/mol. The van der Waals surface area contributed by atoms with Gasteiger partial charge in [-0.05, 0) is 0 Å². The van der Waals surface area contributed by atoms with E-state index in [2.05, 4.69) is 0 Å². The van der Waals surface area contributed by atoms with Crippen LogP contribution in [0.2, 0.25) is 0 Å². The molecule has 0 bridgehead atoms.